The van der Waals surface area contributed by atoms with E-state index in [1.54, 1.807) is 13.8 Å². The van der Waals surface area contributed by atoms with E-state index in [9.17, 15) is 18.0 Å². The van der Waals surface area contributed by atoms with Gasteiger partial charge in [0.25, 0.3) is 0 Å². The molecule has 0 aliphatic heterocycles. The quantitative estimate of drug-likeness (QED) is 0.423. The lowest BCUT2D eigenvalue weighted by atomic mass is 10.2. The summed E-state index contributed by atoms with van der Waals surface area (Å²) in [5, 5.41) is 5.17. The second-order valence-corrected chi connectivity index (χ2v) is 4.88. The molecule has 4 N–H and O–H groups in total. The summed E-state index contributed by atoms with van der Waals surface area (Å²) in [6, 6.07) is 5.47. The van der Waals surface area contributed by atoms with Gasteiger partial charge in [-0.2, -0.15) is 0 Å². The smallest absolute Gasteiger partial charge is 0.404 e. The molecule has 1 rings (SSSR count). The Kier molecular flexibility index (Phi) is 6.67. The predicted molar refractivity (Wildman–Crippen MR) is 81.1 cm³/mol. The van der Waals surface area contributed by atoms with Gasteiger partial charge in [0, 0.05) is 12.5 Å². The van der Waals surface area contributed by atoms with Gasteiger partial charge in [-0.25, -0.2) is 0 Å². The van der Waals surface area contributed by atoms with Gasteiger partial charge in [0.2, 0.25) is 5.91 Å². The van der Waals surface area contributed by atoms with Crippen LogP contribution < -0.4 is 21.1 Å². The van der Waals surface area contributed by atoms with E-state index in [0.717, 1.165) is 6.07 Å². The number of ether oxygens (including phenoxy) is 1. The fourth-order valence-corrected chi connectivity index (χ4v) is 1.52. The number of aliphatic imine (C=N–C) groups is 1. The fraction of sp³-hybridized carbons (Fsp3) is 0.429. The lowest BCUT2D eigenvalue weighted by Crippen LogP contribution is -2.31. The number of hydrogen-bond acceptors (Lipinski definition) is 3. The van der Waals surface area contributed by atoms with E-state index >= 15 is 0 Å². The fourth-order valence-electron chi connectivity index (χ4n) is 1.52. The van der Waals surface area contributed by atoms with Gasteiger partial charge in [0.1, 0.15) is 0 Å². The third kappa shape index (κ3) is 7.39. The van der Waals surface area contributed by atoms with Gasteiger partial charge in [0.15, 0.2) is 11.7 Å². The summed E-state index contributed by atoms with van der Waals surface area (Å²) in [5.74, 6) is -0.746. The Bertz CT molecular complexity index is 559. The molecule has 6 nitrogen and oxygen atoms in total. The lowest BCUT2D eigenvalue weighted by Gasteiger charge is -2.14. The Morgan fingerprint density at radius 1 is 1.35 bits per heavy atom. The molecule has 0 unspecified atom stereocenters. The van der Waals surface area contributed by atoms with E-state index in [4.69, 9.17) is 5.73 Å². The number of guanidine groups is 1. The van der Waals surface area contributed by atoms with E-state index in [2.05, 4.69) is 20.4 Å². The first-order chi connectivity index (χ1) is 10.7. The second-order valence-electron chi connectivity index (χ2n) is 4.88. The number of nitrogens with one attached hydrogen (secondary N) is 2. The van der Waals surface area contributed by atoms with Crippen molar-refractivity contribution < 1.29 is 22.7 Å². The summed E-state index contributed by atoms with van der Waals surface area (Å²) in [5.41, 5.74) is 5.64. The summed E-state index contributed by atoms with van der Waals surface area (Å²) >= 11 is 0. The highest BCUT2D eigenvalue weighted by Crippen LogP contribution is 2.29. The third-order valence-electron chi connectivity index (χ3n) is 2.59. The van der Waals surface area contributed by atoms with Gasteiger partial charge < -0.3 is 21.1 Å². The van der Waals surface area contributed by atoms with Crippen LogP contribution in [-0.4, -0.2) is 31.3 Å². The molecule has 0 saturated heterocycles. The van der Waals surface area contributed by atoms with Crippen LogP contribution >= 0.6 is 0 Å². The van der Waals surface area contributed by atoms with Gasteiger partial charge in [-0.05, 0) is 12.1 Å². The number of hydrogen-bond donors (Lipinski definition) is 3. The minimum absolute atomic E-state index is 0.0392. The Hall–Kier alpha value is -2.45. The third-order valence-corrected chi connectivity index (χ3v) is 2.59. The van der Waals surface area contributed by atoms with E-state index in [0.29, 0.717) is 0 Å². The average Bonchev–Trinajstić information content (AvgIpc) is 2.43. The molecule has 0 fully saturated rings. The van der Waals surface area contributed by atoms with Crippen LogP contribution in [0.5, 0.6) is 5.75 Å². The van der Waals surface area contributed by atoms with Crippen molar-refractivity contribution in [3.05, 3.63) is 24.3 Å². The molecule has 0 saturated carbocycles. The number of carbonyl (C=O) groups excluding carboxylic acids is 1. The molecule has 1 amide bonds. The first-order valence-electron chi connectivity index (χ1n) is 6.88. The van der Waals surface area contributed by atoms with Crippen molar-refractivity contribution in [2.24, 2.45) is 16.6 Å². The summed E-state index contributed by atoms with van der Waals surface area (Å²) < 4.78 is 40.8. The molecular formula is C14H19F3N4O2. The van der Waals surface area contributed by atoms with Crippen LogP contribution in [0.4, 0.5) is 18.9 Å². The normalized spacial score (nSPS) is 12.2. The van der Waals surface area contributed by atoms with Crippen molar-refractivity contribution in [1.29, 1.82) is 0 Å². The molecule has 1 aromatic rings. The van der Waals surface area contributed by atoms with Crippen molar-refractivity contribution in [1.82, 2.24) is 5.32 Å². The Morgan fingerprint density at radius 2 is 2.00 bits per heavy atom. The standard InChI is InChI=1S/C14H19F3N4O2/c1-9(2)12(22)19-7-8-20-13(18)21-10-5-3-4-6-11(10)23-14(15,16)17/h3-6,9H,7-8H2,1-2H3,(H,19,22)(H3,18,20,21). The van der Waals surface area contributed by atoms with Gasteiger partial charge in [-0.3, -0.25) is 9.79 Å². The van der Waals surface area contributed by atoms with Gasteiger partial charge >= 0.3 is 6.36 Å². The van der Waals surface area contributed by atoms with E-state index in [1.807, 2.05) is 0 Å². The van der Waals surface area contributed by atoms with Crippen LogP contribution in [0.2, 0.25) is 0 Å². The Labute approximate surface area is 131 Å². The molecule has 0 aromatic heterocycles. The SMILES string of the molecule is CC(C)C(=O)NCCN=C(N)Nc1ccccc1OC(F)(F)F. The number of halogens is 3. The van der Waals surface area contributed by atoms with E-state index in [-0.39, 0.29) is 36.6 Å². The van der Waals surface area contributed by atoms with Gasteiger partial charge in [0.05, 0.1) is 12.2 Å². The van der Waals surface area contributed by atoms with E-state index in [1.165, 1.54) is 18.2 Å². The average molecular weight is 332 g/mol. The topological polar surface area (TPSA) is 88.7 Å². The maximum atomic E-state index is 12.3. The zero-order valence-electron chi connectivity index (χ0n) is 12.8. The Morgan fingerprint density at radius 3 is 2.61 bits per heavy atom. The van der Waals surface area contributed by atoms with Crippen LogP contribution in [0.15, 0.2) is 29.3 Å². The maximum Gasteiger partial charge on any atom is 0.573 e. The molecule has 9 heteroatoms. The highest BCUT2D eigenvalue weighted by atomic mass is 19.4. The van der Waals surface area contributed by atoms with Gasteiger partial charge in [-0.15, -0.1) is 13.2 Å². The van der Waals surface area contributed by atoms with E-state index < -0.39 is 12.1 Å². The van der Waals surface area contributed by atoms with Crippen LogP contribution in [-0.2, 0) is 4.79 Å². The second kappa shape index (κ2) is 8.25. The first-order valence-corrected chi connectivity index (χ1v) is 6.88. The number of alkyl halides is 3. The molecule has 1 aromatic carbocycles. The molecule has 128 valence electrons. The highest BCUT2D eigenvalue weighted by molar-refractivity contribution is 5.93. The van der Waals surface area contributed by atoms with Crippen molar-refractivity contribution in [2.45, 2.75) is 20.2 Å². The minimum Gasteiger partial charge on any atom is -0.404 e. The molecule has 0 spiro atoms. The summed E-state index contributed by atoms with van der Waals surface area (Å²) in [4.78, 5) is 15.2. The lowest BCUT2D eigenvalue weighted by molar-refractivity contribution is -0.274. The summed E-state index contributed by atoms with van der Waals surface area (Å²) in [6.07, 6.45) is -4.80. The number of carbonyl (C=O) groups is 1. The number of amides is 1. The molecule has 0 heterocycles. The number of benzene rings is 1. The van der Waals surface area contributed by atoms with Gasteiger partial charge in [-0.1, -0.05) is 26.0 Å². The van der Waals surface area contributed by atoms with Crippen LogP contribution in [0.1, 0.15) is 13.8 Å². The predicted octanol–water partition coefficient (Wildman–Crippen LogP) is 2.08. The summed E-state index contributed by atoms with van der Waals surface area (Å²) in [6.45, 7) is 3.98. The Balaban J connectivity index is 2.58. The van der Waals surface area contributed by atoms with Crippen LogP contribution in [0.25, 0.3) is 0 Å². The zero-order valence-corrected chi connectivity index (χ0v) is 12.8. The van der Waals surface area contributed by atoms with Crippen LogP contribution in [0.3, 0.4) is 0 Å². The van der Waals surface area contributed by atoms with Crippen molar-refractivity contribution in [3.8, 4) is 5.75 Å². The number of nitrogens with zero attached hydrogens (tertiary/aromatic N) is 1. The minimum atomic E-state index is -4.80. The molecular weight excluding hydrogens is 313 g/mol. The number of rotatable bonds is 6. The summed E-state index contributed by atoms with van der Waals surface area (Å²) in [7, 11) is 0. The molecule has 0 aliphatic carbocycles. The van der Waals surface area contributed by atoms with Crippen molar-refractivity contribution in [2.75, 3.05) is 18.4 Å². The van der Waals surface area contributed by atoms with Crippen molar-refractivity contribution in [3.63, 3.8) is 0 Å². The molecule has 0 atom stereocenters. The number of anilines is 1. The largest absolute Gasteiger partial charge is 0.573 e. The zero-order chi connectivity index (χ0) is 17.5. The maximum absolute atomic E-state index is 12.3. The monoisotopic (exact) mass is 332 g/mol. The number of para-hydroxylation sites is 2. The molecule has 0 radical (unpaired) electrons. The van der Waals surface area contributed by atoms with Crippen LogP contribution in [0, 0.1) is 5.92 Å². The molecule has 23 heavy (non-hydrogen) atoms. The van der Waals surface area contributed by atoms with Crippen molar-refractivity contribution >= 4 is 17.6 Å². The first kappa shape index (κ1) is 18.6. The molecule has 0 bridgehead atoms. The highest BCUT2D eigenvalue weighted by Gasteiger charge is 2.32. The number of nitrogens with two attached hydrogens (primary N) is 1. The molecule has 0 aliphatic rings.